The van der Waals surface area contributed by atoms with E-state index in [1.807, 2.05) is 25.1 Å². The molecule has 2 aromatic rings. The van der Waals surface area contributed by atoms with Gasteiger partial charge >= 0.3 is 0 Å². The summed E-state index contributed by atoms with van der Waals surface area (Å²) in [6.07, 6.45) is 1.75. The lowest BCUT2D eigenvalue weighted by molar-refractivity contribution is 0.197. The van der Waals surface area contributed by atoms with Crippen LogP contribution in [0.4, 0.5) is 4.39 Å². The summed E-state index contributed by atoms with van der Waals surface area (Å²) in [4.78, 5) is 6.42. The molecule has 2 rings (SSSR count). The molecule has 1 atom stereocenters. The summed E-state index contributed by atoms with van der Waals surface area (Å²) in [6.45, 7) is 3.74. The van der Waals surface area contributed by atoms with Crippen molar-refractivity contribution in [1.82, 2.24) is 9.88 Å². The molecule has 0 spiro atoms. The molecule has 112 valence electrons. The number of hydrogen-bond acceptors (Lipinski definition) is 3. The molecule has 3 nitrogen and oxygen atoms in total. The van der Waals surface area contributed by atoms with E-state index in [4.69, 9.17) is 17.3 Å². The number of nitrogens with zero attached hydrogens (tertiary/aromatic N) is 2. The van der Waals surface area contributed by atoms with Gasteiger partial charge in [0.1, 0.15) is 5.82 Å². The maximum atomic E-state index is 14.1. The van der Waals surface area contributed by atoms with Crippen LogP contribution in [0.5, 0.6) is 0 Å². The zero-order chi connectivity index (χ0) is 15.2. The van der Waals surface area contributed by atoms with Crippen LogP contribution >= 0.6 is 11.6 Å². The number of rotatable bonds is 6. The van der Waals surface area contributed by atoms with Gasteiger partial charge in [-0.15, -0.1) is 0 Å². The number of aromatic nitrogens is 1. The molecule has 0 bridgehead atoms. The van der Waals surface area contributed by atoms with Crippen LogP contribution in [0.3, 0.4) is 0 Å². The van der Waals surface area contributed by atoms with Crippen molar-refractivity contribution in [3.05, 3.63) is 64.7 Å². The Morgan fingerprint density at radius 2 is 2.14 bits per heavy atom. The Balaban J connectivity index is 2.25. The predicted octanol–water partition coefficient (Wildman–Crippen LogP) is 3.40. The fourth-order valence-electron chi connectivity index (χ4n) is 2.39. The van der Waals surface area contributed by atoms with Crippen molar-refractivity contribution in [3.63, 3.8) is 0 Å². The van der Waals surface area contributed by atoms with Crippen molar-refractivity contribution in [3.8, 4) is 0 Å². The summed E-state index contributed by atoms with van der Waals surface area (Å²) in [5.74, 6) is -0.322. The van der Waals surface area contributed by atoms with Gasteiger partial charge in [-0.3, -0.25) is 9.88 Å². The lowest BCUT2D eigenvalue weighted by Gasteiger charge is -2.30. The molecular formula is C16H19ClFN3. The average Bonchev–Trinajstić information content (AvgIpc) is 2.49. The van der Waals surface area contributed by atoms with Crippen LogP contribution in [0, 0.1) is 5.82 Å². The largest absolute Gasteiger partial charge is 0.329 e. The summed E-state index contributed by atoms with van der Waals surface area (Å²) in [5.41, 5.74) is 7.39. The van der Waals surface area contributed by atoms with E-state index in [2.05, 4.69) is 9.88 Å². The van der Waals surface area contributed by atoms with E-state index in [0.717, 1.165) is 12.2 Å². The molecule has 2 N–H and O–H groups in total. The van der Waals surface area contributed by atoms with E-state index in [9.17, 15) is 4.39 Å². The van der Waals surface area contributed by atoms with Crippen molar-refractivity contribution >= 4 is 11.6 Å². The molecule has 0 saturated heterocycles. The minimum absolute atomic E-state index is 0.200. The van der Waals surface area contributed by atoms with Crippen LogP contribution in [-0.4, -0.2) is 23.0 Å². The summed E-state index contributed by atoms with van der Waals surface area (Å²) in [7, 11) is 0. The van der Waals surface area contributed by atoms with E-state index in [-0.39, 0.29) is 11.9 Å². The zero-order valence-electron chi connectivity index (χ0n) is 12.0. The van der Waals surface area contributed by atoms with Crippen molar-refractivity contribution < 1.29 is 4.39 Å². The van der Waals surface area contributed by atoms with Crippen molar-refractivity contribution in [2.75, 3.05) is 13.1 Å². The maximum absolute atomic E-state index is 14.1. The first kappa shape index (κ1) is 15.9. The first-order chi connectivity index (χ1) is 10.2. The van der Waals surface area contributed by atoms with Crippen LogP contribution < -0.4 is 5.73 Å². The number of hydrogen-bond donors (Lipinski definition) is 1. The predicted molar refractivity (Wildman–Crippen MR) is 83.5 cm³/mol. The van der Waals surface area contributed by atoms with Gasteiger partial charge in [0.15, 0.2) is 0 Å². The summed E-state index contributed by atoms with van der Waals surface area (Å²) in [6, 6.07) is 10.3. The Kier molecular flexibility index (Phi) is 5.67. The van der Waals surface area contributed by atoms with E-state index in [1.165, 1.54) is 6.07 Å². The number of pyridine rings is 1. The molecule has 1 aromatic carbocycles. The Labute approximate surface area is 129 Å². The molecule has 0 aliphatic rings. The number of likely N-dealkylation sites (N-methyl/N-ethyl adjacent to an activating group) is 1. The second kappa shape index (κ2) is 7.50. The van der Waals surface area contributed by atoms with Crippen LogP contribution in [0.1, 0.15) is 24.2 Å². The number of benzene rings is 1. The first-order valence-corrected chi connectivity index (χ1v) is 7.32. The molecule has 0 fully saturated rings. The Morgan fingerprint density at radius 3 is 2.71 bits per heavy atom. The van der Waals surface area contributed by atoms with Crippen LogP contribution in [-0.2, 0) is 6.54 Å². The van der Waals surface area contributed by atoms with E-state index in [0.29, 0.717) is 23.7 Å². The third kappa shape index (κ3) is 4.00. The van der Waals surface area contributed by atoms with Crippen molar-refractivity contribution in [2.45, 2.75) is 19.5 Å². The van der Waals surface area contributed by atoms with Gasteiger partial charge in [-0.2, -0.15) is 0 Å². The number of halogens is 2. The zero-order valence-corrected chi connectivity index (χ0v) is 12.7. The molecule has 0 radical (unpaired) electrons. The fraction of sp³-hybridized carbons (Fsp3) is 0.312. The smallest absolute Gasteiger partial charge is 0.129 e. The highest BCUT2D eigenvalue weighted by Gasteiger charge is 2.21. The molecule has 1 heterocycles. The minimum Gasteiger partial charge on any atom is -0.329 e. The Hall–Kier alpha value is -1.49. The monoisotopic (exact) mass is 307 g/mol. The van der Waals surface area contributed by atoms with E-state index in [1.54, 1.807) is 18.3 Å². The quantitative estimate of drug-likeness (QED) is 0.889. The highest BCUT2D eigenvalue weighted by atomic mass is 35.5. The van der Waals surface area contributed by atoms with Gasteiger partial charge in [-0.1, -0.05) is 30.7 Å². The summed E-state index contributed by atoms with van der Waals surface area (Å²) < 4.78 is 14.1. The van der Waals surface area contributed by atoms with Crippen LogP contribution in [0.2, 0.25) is 5.02 Å². The van der Waals surface area contributed by atoms with Gasteiger partial charge in [0.2, 0.25) is 0 Å². The molecule has 0 aliphatic heterocycles. The fourth-order valence-corrected chi connectivity index (χ4v) is 2.55. The highest BCUT2D eigenvalue weighted by molar-refractivity contribution is 6.30. The molecule has 0 amide bonds. The lowest BCUT2D eigenvalue weighted by atomic mass is 10.0. The third-order valence-corrected chi connectivity index (χ3v) is 3.72. The van der Waals surface area contributed by atoms with E-state index < -0.39 is 0 Å². The maximum Gasteiger partial charge on any atom is 0.129 e. The van der Waals surface area contributed by atoms with Gasteiger partial charge in [-0.25, -0.2) is 4.39 Å². The van der Waals surface area contributed by atoms with Crippen molar-refractivity contribution in [2.24, 2.45) is 5.73 Å². The summed E-state index contributed by atoms with van der Waals surface area (Å²) in [5, 5.41) is 0.389. The SMILES string of the molecule is CCN(Cc1ccccn1)C(CN)c1ccc(Cl)cc1F. The Bertz CT molecular complexity index is 577. The number of nitrogens with two attached hydrogens (primary N) is 1. The van der Waals surface area contributed by atoms with Gasteiger partial charge in [0, 0.05) is 29.9 Å². The second-order valence-electron chi connectivity index (χ2n) is 4.80. The molecule has 0 aliphatic carbocycles. The average molecular weight is 308 g/mol. The molecule has 0 saturated carbocycles. The van der Waals surface area contributed by atoms with E-state index >= 15 is 0 Å². The Morgan fingerprint density at radius 1 is 1.33 bits per heavy atom. The summed E-state index contributed by atoms with van der Waals surface area (Å²) >= 11 is 5.81. The van der Waals surface area contributed by atoms with Crippen LogP contribution in [0.25, 0.3) is 0 Å². The normalized spacial score (nSPS) is 12.6. The highest BCUT2D eigenvalue weighted by Crippen LogP contribution is 2.26. The second-order valence-corrected chi connectivity index (χ2v) is 5.24. The van der Waals surface area contributed by atoms with Gasteiger partial charge in [0.05, 0.1) is 11.7 Å². The van der Waals surface area contributed by atoms with Gasteiger partial charge in [0.25, 0.3) is 0 Å². The molecule has 1 unspecified atom stereocenters. The lowest BCUT2D eigenvalue weighted by Crippen LogP contribution is -2.34. The topological polar surface area (TPSA) is 42.2 Å². The first-order valence-electron chi connectivity index (χ1n) is 6.94. The van der Waals surface area contributed by atoms with Crippen molar-refractivity contribution in [1.29, 1.82) is 0 Å². The molecular weight excluding hydrogens is 289 g/mol. The van der Waals surface area contributed by atoms with Gasteiger partial charge in [-0.05, 0) is 30.8 Å². The molecule has 1 aromatic heterocycles. The standard InChI is InChI=1S/C16H19ClFN3/c1-2-21(11-13-5-3-4-8-20-13)16(10-19)14-7-6-12(17)9-15(14)18/h3-9,16H,2,10-11,19H2,1H3. The minimum atomic E-state index is -0.322. The van der Waals surface area contributed by atoms with Crippen LogP contribution in [0.15, 0.2) is 42.6 Å². The molecule has 21 heavy (non-hydrogen) atoms. The third-order valence-electron chi connectivity index (χ3n) is 3.48. The van der Waals surface area contributed by atoms with Gasteiger partial charge < -0.3 is 5.73 Å². The molecule has 5 heteroatoms.